The summed E-state index contributed by atoms with van der Waals surface area (Å²) in [5.41, 5.74) is 5.31. The Morgan fingerprint density at radius 2 is 1.86 bits per heavy atom. The lowest BCUT2D eigenvalue weighted by Crippen LogP contribution is -2.47. The Balaban J connectivity index is 4.35. The van der Waals surface area contributed by atoms with Crippen LogP contribution in [0.4, 0.5) is 0 Å². The molecule has 7 heteroatoms. The second kappa shape index (κ2) is 8.50. The molecule has 0 aromatic heterocycles. The third-order valence-corrected chi connectivity index (χ3v) is 8.33. The van der Waals surface area contributed by atoms with E-state index in [9.17, 15) is 9.59 Å². The van der Waals surface area contributed by atoms with Crippen LogP contribution in [0.3, 0.4) is 0 Å². The molecule has 0 rings (SSSR count). The van der Waals surface area contributed by atoms with Crippen molar-refractivity contribution in [2.75, 3.05) is 19.8 Å². The fourth-order valence-electron chi connectivity index (χ4n) is 1.36. The van der Waals surface area contributed by atoms with Gasteiger partial charge in [0, 0.05) is 13.2 Å². The van der Waals surface area contributed by atoms with Crippen LogP contribution in [0.1, 0.15) is 34.1 Å². The lowest BCUT2D eigenvalue weighted by Gasteiger charge is -2.36. The quantitative estimate of drug-likeness (QED) is 0.629. The van der Waals surface area contributed by atoms with Crippen LogP contribution >= 0.6 is 0 Å². The zero-order valence-corrected chi connectivity index (χ0v) is 15.1. The van der Waals surface area contributed by atoms with Crippen molar-refractivity contribution in [3.63, 3.8) is 0 Å². The molecule has 0 aliphatic rings. The van der Waals surface area contributed by atoms with Crippen LogP contribution in [0, 0.1) is 0 Å². The largest absolute Gasteiger partial charge is 0.417 e. The third kappa shape index (κ3) is 7.59. The van der Waals surface area contributed by atoms with Gasteiger partial charge in [-0.3, -0.25) is 9.59 Å². The van der Waals surface area contributed by atoms with E-state index in [2.05, 4.69) is 39.2 Å². The van der Waals surface area contributed by atoms with Crippen molar-refractivity contribution in [3.05, 3.63) is 0 Å². The van der Waals surface area contributed by atoms with Crippen LogP contribution in [-0.2, 0) is 18.8 Å². The van der Waals surface area contributed by atoms with E-state index >= 15 is 0 Å². The maximum absolute atomic E-state index is 11.6. The fraction of sp³-hybridized carbons (Fsp3) is 0.857. The average Bonchev–Trinajstić information content (AvgIpc) is 2.33. The highest BCUT2D eigenvalue weighted by Crippen LogP contribution is 2.36. The molecule has 6 nitrogen and oxygen atoms in total. The monoisotopic (exact) mass is 318 g/mol. The van der Waals surface area contributed by atoms with Gasteiger partial charge in [-0.2, -0.15) is 0 Å². The van der Waals surface area contributed by atoms with E-state index in [1.165, 1.54) is 0 Å². The highest BCUT2D eigenvalue weighted by atomic mass is 28.4. The highest BCUT2D eigenvalue weighted by molar-refractivity contribution is 6.74. The Morgan fingerprint density at radius 1 is 1.29 bits per heavy atom. The molecule has 0 radical (unpaired) electrons. The molecular formula is C14H30N2O4Si. The molecule has 0 spiro atoms. The first-order chi connectivity index (χ1) is 9.51. The summed E-state index contributed by atoms with van der Waals surface area (Å²) >= 11 is 0. The van der Waals surface area contributed by atoms with E-state index in [-0.39, 0.29) is 17.6 Å². The molecular weight excluding hydrogens is 288 g/mol. The molecule has 3 N–H and O–H groups in total. The number of hydrogen-bond acceptors (Lipinski definition) is 4. The first-order valence-electron chi connectivity index (χ1n) is 7.31. The lowest BCUT2D eigenvalue weighted by molar-refractivity contribution is -0.130. The van der Waals surface area contributed by atoms with Crippen molar-refractivity contribution in [1.82, 2.24) is 5.32 Å². The zero-order valence-electron chi connectivity index (χ0n) is 14.1. The molecule has 0 aliphatic carbocycles. The second-order valence-corrected chi connectivity index (χ2v) is 11.4. The van der Waals surface area contributed by atoms with E-state index < -0.39 is 20.3 Å². The van der Waals surface area contributed by atoms with E-state index in [4.69, 9.17) is 14.9 Å². The predicted octanol–water partition coefficient (Wildman–Crippen LogP) is 1.40. The second-order valence-electron chi connectivity index (χ2n) is 6.56. The van der Waals surface area contributed by atoms with E-state index in [1.807, 2.05) is 0 Å². The van der Waals surface area contributed by atoms with Gasteiger partial charge in [0.2, 0.25) is 11.8 Å². The number of ether oxygens (including phenoxy) is 1. The molecule has 0 heterocycles. The number of nitrogens with one attached hydrogen (secondary N) is 1. The molecule has 0 saturated carbocycles. The van der Waals surface area contributed by atoms with Crippen molar-refractivity contribution >= 4 is 20.1 Å². The summed E-state index contributed by atoms with van der Waals surface area (Å²) in [5.74, 6) is -0.897. The van der Waals surface area contributed by atoms with Crippen LogP contribution in [0.25, 0.3) is 0 Å². The molecule has 0 unspecified atom stereocenters. The van der Waals surface area contributed by atoms with Gasteiger partial charge in [0.25, 0.3) is 0 Å². The molecule has 0 aromatic rings. The van der Waals surface area contributed by atoms with Gasteiger partial charge in [-0.1, -0.05) is 20.8 Å². The van der Waals surface area contributed by atoms with Gasteiger partial charge >= 0.3 is 0 Å². The molecule has 124 valence electrons. The summed E-state index contributed by atoms with van der Waals surface area (Å²) in [7, 11) is -1.86. The topological polar surface area (TPSA) is 90.7 Å². The Morgan fingerprint density at radius 3 is 2.29 bits per heavy atom. The first-order valence-corrected chi connectivity index (χ1v) is 10.2. The summed E-state index contributed by atoms with van der Waals surface area (Å²) in [6.45, 7) is 13.3. The van der Waals surface area contributed by atoms with Crippen molar-refractivity contribution in [2.45, 2.75) is 58.3 Å². The van der Waals surface area contributed by atoms with Gasteiger partial charge in [0.15, 0.2) is 8.32 Å². The Hall–Kier alpha value is -0.923. The minimum atomic E-state index is -1.86. The van der Waals surface area contributed by atoms with E-state index in [0.717, 1.165) is 0 Å². The van der Waals surface area contributed by atoms with Gasteiger partial charge in [-0.25, -0.2) is 0 Å². The summed E-state index contributed by atoms with van der Waals surface area (Å²) in [4.78, 5) is 22.9. The SMILES string of the molecule is CCOCC(=O)N[C@@H](CCO[Si](C)(C)C(C)(C)C)C(N)=O. The van der Waals surface area contributed by atoms with Crippen LogP contribution in [-0.4, -0.2) is 46.0 Å². The van der Waals surface area contributed by atoms with Crippen LogP contribution < -0.4 is 11.1 Å². The Bertz CT molecular complexity index is 353. The van der Waals surface area contributed by atoms with Crippen molar-refractivity contribution < 1.29 is 18.8 Å². The predicted molar refractivity (Wildman–Crippen MR) is 85.4 cm³/mol. The van der Waals surface area contributed by atoms with Crippen molar-refractivity contribution in [3.8, 4) is 0 Å². The van der Waals surface area contributed by atoms with Crippen LogP contribution in [0.15, 0.2) is 0 Å². The smallest absolute Gasteiger partial charge is 0.246 e. The minimum absolute atomic E-state index is 0.0661. The Kier molecular flexibility index (Phi) is 8.13. The van der Waals surface area contributed by atoms with Crippen LogP contribution in [0.5, 0.6) is 0 Å². The Labute approximate surface area is 128 Å². The van der Waals surface area contributed by atoms with Gasteiger partial charge in [0.05, 0.1) is 0 Å². The zero-order chi connectivity index (χ0) is 16.7. The van der Waals surface area contributed by atoms with Gasteiger partial charge in [0.1, 0.15) is 12.6 Å². The number of carbonyl (C=O) groups is 2. The van der Waals surface area contributed by atoms with Crippen molar-refractivity contribution in [1.29, 1.82) is 0 Å². The number of carbonyl (C=O) groups excluding carboxylic acids is 2. The number of nitrogens with two attached hydrogens (primary N) is 1. The first kappa shape index (κ1) is 20.1. The van der Waals surface area contributed by atoms with E-state index in [0.29, 0.717) is 19.6 Å². The summed E-state index contributed by atoms with van der Waals surface area (Å²) in [6.07, 6.45) is 0.375. The lowest BCUT2D eigenvalue weighted by atomic mass is 10.2. The number of hydrogen-bond donors (Lipinski definition) is 2. The van der Waals surface area contributed by atoms with E-state index in [1.54, 1.807) is 6.92 Å². The molecule has 21 heavy (non-hydrogen) atoms. The number of primary amides is 1. The molecule has 0 fully saturated rings. The van der Waals surface area contributed by atoms with Gasteiger partial charge in [-0.15, -0.1) is 0 Å². The van der Waals surface area contributed by atoms with Crippen molar-refractivity contribution in [2.24, 2.45) is 5.73 Å². The summed E-state index contributed by atoms with van der Waals surface area (Å²) < 4.78 is 11.0. The highest BCUT2D eigenvalue weighted by Gasteiger charge is 2.37. The van der Waals surface area contributed by atoms with Crippen LogP contribution in [0.2, 0.25) is 18.1 Å². The molecule has 1 atom stereocenters. The van der Waals surface area contributed by atoms with Gasteiger partial charge < -0.3 is 20.2 Å². The minimum Gasteiger partial charge on any atom is -0.417 e. The molecule has 0 saturated heterocycles. The number of amides is 2. The average molecular weight is 318 g/mol. The number of rotatable bonds is 9. The maximum Gasteiger partial charge on any atom is 0.246 e. The summed E-state index contributed by atoms with van der Waals surface area (Å²) in [5, 5.41) is 2.68. The molecule has 0 aliphatic heterocycles. The molecule has 2 amide bonds. The normalized spacial score (nSPS) is 13.8. The standard InChI is InChI=1S/C14H30N2O4Si/c1-7-19-10-12(17)16-11(13(15)18)8-9-20-21(5,6)14(2,3)4/h11H,7-10H2,1-6H3,(H2,15,18)(H,16,17)/t11-/m0/s1. The van der Waals surface area contributed by atoms with Gasteiger partial charge in [-0.05, 0) is 31.5 Å². The summed E-state index contributed by atoms with van der Waals surface area (Å²) in [6, 6.07) is -0.720. The third-order valence-electron chi connectivity index (χ3n) is 3.79. The fourth-order valence-corrected chi connectivity index (χ4v) is 2.43. The molecule has 0 aromatic carbocycles. The maximum atomic E-state index is 11.6. The molecule has 0 bridgehead atoms.